The van der Waals surface area contributed by atoms with Gasteiger partial charge < -0.3 is 20.7 Å². The first-order valence-electron chi connectivity index (χ1n) is 14.4. The predicted octanol–water partition coefficient (Wildman–Crippen LogP) is 5.08. The lowest BCUT2D eigenvalue weighted by molar-refractivity contribution is -0.122. The lowest BCUT2D eigenvalue weighted by atomic mass is 9.92. The molecule has 2 aromatic carbocycles. The fourth-order valence-corrected chi connectivity index (χ4v) is 4.87. The van der Waals surface area contributed by atoms with Crippen molar-refractivity contribution < 1.29 is 14.3 Å². The molecule has 0 atom stereocenters. The highest BCUT2D eigenvalue weighted by Gasteiger charge is 2.24. The molecule has 0 spiro atoms. The van der Waals surface area contributed by atoms with E-state index in [-0.39, 0.29) is 29.8 Å². The van der Waals surface area contributed by atoms with Crippen molar-refractivity contribution in [1.29, 1.82) is 0 Å². The van der Waals surface area contributed by atoms with Crippen LogP contribution in [0, 0.1) is 12.8 Å². The number of para-hydroxylation sites is 1. The average Bonchev–Trinajstić information content (AvgIpc) is 3.41. The van der Waals surface area contributed by atoms with Gasteiger partial charge in [-0.3, -0.25) is 10.1 Å². The topological polar surface area (TPSA) is 140 Å². The summed E-state index contributed by atoms with van der Waals surface area (Å²) in [5, 5.41) is 10.7. The Balaban J connectivity index is 1.25. The highest BCUT2D eigenvalue weighted by Crippen LogP contribution is 2.29. The van der Waals surface area contributed by atoms with Crippen LogP contribution in [0.25, 0.3) is 5.69 Å². The van der Waals surface area contributed by atoms with Gasteiger partial charge in [-0.15, -0.1) is 0 Å². The van der Waals surface area contributed by atoms with E-state index in [1.54, 1.807) is 10.7 Å². The zero-order chi connectivity index (χ0) is 30.6. The van der Waals surface area contributed by atoms with E-state index in [1.165, 1.54) is 6.33 Å². The number of aryl methyl sites for hydroxylation is 1. The minimum absolute atomic E-state index is 0.103. The number of carbonyl (C=O) groups is 2. The molecule has 4 N–H and O–H groups in total. The first-order valence-corrected chi connectivity index (χ1v) is 14.4. The number of hydrogen-bond donors (Lipinski definition) is 3. The lowest BCUT2D eigenvalue weighted by Crippen LogP contribution is -2.38. The highest BCUT2D eigenvalue weighted by molar-refractivity contribution is 5.88. The fraction of sp³-hybridized carbons (Fsp3) is 0.344. The van der Waals surface area contributed by atoms with E-state index in [4.69, 9.17) is 15.6 Å². The second-order valence-corrected chi connectivity index (χ2v) is 11.8. The summed E-state index contributed by atoms with van der Waals surface area (Å²) in [7, 11) is 0. The van der Waals surface area contributed by atoms with Gasteiger partial charge in [0.25, 0.3) is 0 Å². The van der Waals surface area contributed by atoms with Crippen molar-refractivity contribution in [2.24, 2.45) is 11.7 Å². The van der Waals surface area contributed by atoms with Gasteiger partial charge in [0, 0.05) is 48.7 Å². The number of nitrogens with zero attached hydrogens (tertiary/aromatic N) is 5. The predicted molar refractivity (Wildman–Crippen MR) is 166 cm³/mol. The lowest BCUT2D eigenvalue weighted by Gasteiger charge is -2.31. The number of carbonyl (C=O) groups excluding carboxylic acids is 2. The largest absolute Gasteiger partial charge is 0.438 e. The van der Waals surface area contributed by atoms with Gasteiger partial charge in [0.1, 0.15) is 23.7 Å². The van der Waals surface area contributed by atoms with Crippen LogP contribution in [0.5, 0.6) is 11.6 Å². The third kappa shape index (κ3) is 7.29. The molecule has 0 aliphatic carbocycles. The van der Waals surface area contributed by atoms with Crippen molar-refractivity contribution in [3.05, 3.63) is 83.8 Å². The van der Waals surface area contributed by atoms with E-state index in [0.29, 0.717) is 43.4 Å². The number of piperidine rings is 1. The number of aromatic nitrogens is 4. The number of rotatable bonds is 8. The maximum Gasteiger partial charge on any atom is 0.320 e. The second-order valence-electron chi connectivity index (χ2n) is 11.8. The summed E-state index contributed by atoms with van der Waals surface area (Å²) in [6, 6.07) is 18.8. The molecule has 1 fully saturated rings. The Labute approximate surface area is 251 Å². The maximum atomic E-state index is 13.1. The summed E-state index contributed by atoms with van der Waals surface area (Å²) in [6.45, 7) is 9.87. The van der Waals surface area contributed by atoms with Crippen LogP contribution in [0.4, 0.5) is 16.4 Å². The van der Waals surface area contributed by atoms with E-state index < -0.39 is 0 Å². The monoisotopic (exact) mass is 582 g/mol. The number of anilines is 2. The molecule has 1 aliphatic heterocycles. The molecule has 4 aromatic rings. The van der Waals surface area contributed by atoms with Crippen LogP contribution in [-0.4, -0.2) is 44.8 Å². The quantitative estimate of drug-likeness (QED) is 0.263. The van der Waals surface area contributed by atoms with E-state index >= 15 is 0 Å². The molecule has 5 rings (SSSR count). The number of nitrogens with two attached hydrogens (primary N) is 1. The van der Waals surface area contributed by atoms with Gasteiger partial charge in [-0.1, -0.05) is 56.7 Å². The number of urea groups is 1. The number of benzene rings is 2. The molecule has 3 amide bonds. The normalized spacial score (nSPS) is 13.9. The number of amides is 3. The zero-order valence-corrected chi connectivity index (χ0v) is 25.0. The Kier molecular flexibility index (Phi) is 8.61. The molecular weight excluding hydrogens is 544 g/mol. The molecule has 11 heteroatoms. The second kappa shape index (κ2) is 12.5. The number of ether oxygens (including phenoxy) is 1. The van der Waals surface area contributed by atoms with E-state index in [9.17, 15) is 9.59 Å². The van der Waals surface area contributed by atoms with Gasteiger partial charge >= 0.3 is 6.03 Å². The number of primary amides is 1. The molecule has 1 saturated heterocycles. The molecule has 0 bridgehead atoms. The van der Waals surface area contributed by atoms with Crippen LogP contribution in [-0.2, 0) is 16.8 Å². The zero-order valence-electron chi connectivity index (χ0n) is 25.0. The first kappa shape index (κ1) is 29.6. The Morgan fingerprint density at radius 2 is 1.74 bits per heavy atom. The summed E-state index contributed by atoms with van der Waals surface area (Å²) in [5.41, 5.74) is 8.92. The molecule has 0 saturated carbocycles. The van der Waals surface area contributed by atoms with Crippen LogP contribution in [0.1, 0.15) is 50.4 Å². The Morgan fingerprint density at radius 1 is 1.02 bits per heavy atom. The van der Waals surface area contributed by atoms with E-state index in [0.717, 1.165) is 28.3 Å². The van der Waals surface area contributed by atoms with Crippen LogP contribution < -0.4 is 26.0 Å². The van der Waals surface area contributed by atoms with Crippen LogP contribution in [0.2, 0.25) is 0 Å². The van der Waals surface area contributed by atoms with E-state index in [1.807, 2.05) is 61.5 Å². The van der Waals surface area contributed by atoms with Gasteiger partial charge in [0.2, 0.25) is 11.8 Å². The van der Waals surface area contributed by atoms with Crippen LogP contribution >= 0.6 is 0 Å². The van der Waals surface area contributed by atoms with Crippen molar-refractivity contribution in [3.63, 3.8) is 0 Å². The van der Waals surface area contributed by atoms with Gasteiger partial charge in [-0.05, 0) is 38.0 Å². The first-order chi connectivity index (χ1) is 20.6. The average molecular weight is 583 g/mol. The molecule has 0 radical (unpaired) electrons. The van der Waals surface area contributed by atoms with Gasteiger partial charge in [0.05, 0.1) is 11.4 Å². The van der Waals surface area contributed by atoms with Gasteiger partial charge in [-0.2, -0.15) is 5.10 Å². The number of nitrogens with one attached hydrogen (secondary N) is 2. The minimum Gasteiger partial charge on any atom is -0.438 e. The summed E-state index contributed by atoms with van der Waals surface area (Å²) in [4.78, 5) is 35.4. The minimum atomic E-state index is -0.368. The van der Waals surface area contributed by atoms with Crippen LogP contribution in [0.3, 0.4) is 0 Å². The van der Waals surface area contributed by atoms with Crippen molar-refractivity contribution in [2.75, 3.05) is 23.3 Å². The Hall–Kier alpha value is -4.93. The standard InChI is InChI=1S/C32H38N8O3/c1-21-9-11-24(12-10-21)40-28(17-26(38-40)32(2,3)4)37-31(42)34-19-23-7-5-6-8-25(23)43-29-18-27(35-20-36-29)39-15-13-22(14-16-39)30(33)41/h5-12,17-18,20,22H,13-16,19H2,1-4H3,(H2,33,41)(H2,34,37,42). The fourth-order valence-electron chi connectivity index (χ4n) is 4.87. The molecule has 1 aliphatic rings. The summed E-state index contributed by atoms with van der Waals surface area (Å²) < 4.78 is 7.89. The molecule has 11 nitrogen and oxygen atoms in total. The summed E-state index contributed by atoms with van der Waals surface area (Å²) in [5.74, 6) is 1.90. The SMILES string of the molecule is Cc1ccc(-n2nc(C(C)(C)C)cc2NC(=O)NCc2ccccc2Oc2cc(N3CCC(C(N)=O)CC3)ncn2)cc1. The molecule has 43 heavy (non-hydrogen) atoms. The maximum absolute atomic E-state index is 13.1. The van der Waals surface area contributed by atoms with Crippen molar-refractivity contribution in [2.45, 2.75) is 52.5 Å². The Morgan fingerprint density at radius 3 is 2.44 bits per heavy atom. The van der Waals surface area contributed by atoms with Crippen molar-refractivity contribution in [3.8, 4) is 17.3 Å². The van der Waals surface area contributed by atoms with Gasteiger partial charge in [0.15, 0.2) is 0 Å². The Bertz CT molecular complexity index is 1580. The molecule has 0 unspecified atom stereocenters. The molecular formula is C32H38N8O3. The van der Waals surface area contributed by atoms with Crippen LogP contribution in [0.15, 0.2) is 67.0 Å². The molecule has 3 heterocycles. The third-order valence-corrected chi connectivity index (χ3v) is 7.47. The highest BCUT2D eigenvalue weighted by atomic mass is 16.5. The summed E-state index contributed by atoms with van der Waals surface area (Å²) >= 11 is 0. The summed E-state index contributed by atoms with van der Waals surface area (Å²) in [6.07, 6.45) is 2.84. The molecule has 2 aromatic heterocycles. The molecule has 224 valence electrons. The third-order valence-electron chi connectivity index (χ3n) is 7.47. The number of hydrogen-bond acceptors (Lipinski definition) is 7. The van der Waals surface area contributed by atoms with Gasteiger partial charge in [-0.25, -0.2) is 19.4 Å². The van der Waals surface area contributed by atoms with Crippen molar-refractivity contribution >= 4 is 23.6 Å². The van der Waals surface area contributed by atoms with E-state index in [2.05, 4.69) is 46.3 Å². The smallest absolute Gasteiger partial charge is 0.320 e. The van der Waals surface area contributed by atoms with Crippen molar-refractivity contribution in [1.82, 2.24) is 25.1 Å².